The number of amides is 1. The molecular weight excluding hydrogens is 370 g/mol. The maximum atomic E-state index is 12.5. The summed E-state index contributed by atoms with van der Waals surface area (Å²) in [5.74, 6) is 0.990. The highest BCUT2D eigenvalue weighted by atomic mass is 16.5. The van der Waals surface area contributed by atoms with Gasteiger partial charge in [-0.05, 0) is 51.8 Å². The van der Waals surface area contributed by atoms with Crippen molar-refractivity contribution < 1.29 is 19.1 Å². The summed E-state index contributed by atoms with van der Waals surface area (Å²) in [6.45, 7) is 6.28. The Bertz CT molecular complexity index is 883. The molecule has 3 rings (SSSR count). The van der Waals surface area contributed by atoms with Gasteiger partial charge in [0.15, 0.2) is 0 Å². The van der Waals surface area contributed by atoms with E-state index in [-0.39, 0.29) is 18.0 Å². The van der Waals surface area contributed by atoms with E-state index >= 15 is 0 Å². The molecule has 1 aromatic carbocycles. The number of nitrogen functional groups attached to an aromatic ring is 1. The van der Waals surface area contributed by atoms with Crippen LogP contribution in [0.25, 0.3) is 10.9 Å². The second-order valence-electron chi connectivity index (χ2n) is 8.08. The minimum absolute atomic E-state index is 0.142. The lowest BCUT2D eigenvalue weighted by Crippen LogP contribution is -2.50. The van der Waals surface area contributed by atoms with Gasteiger partial charge in [-0.2, -0.15) is 9.59 Å². The number of hydrogen-bond acceptors (Lipinski definition) is 6. The van der Waals surface area contributed by atoms with Crippen LogP contribution in [0.2, 0.25) is 0 Å². The summed E-state index contributed by atoms with van der Waals surface area (Å²) in [6.07, 6.45) is 5.78. The van der Waals surface area contributed by atoms with Crippen molar-refractivity contribution in [3.63, 3.8) is 0 Å². The number of aromatic nitrogens is 1. The molecule has 0 atom stereocenters. The van der Waals surface area contributed by atoms with E-state index in [0.717, 1.165) is 42.3 Å². The van der Waals surface area contributed by atoms with E-state index in [9.17, 15) is 4.79 Å². The lowest BCUT2D eigenvalue weighted by molar-refractivity contribution is -0.191. The molecular formula is C22H29N3O4. The lowest BCUT2D eigenvalue weighted by atomic mass is 9.88. The first kappa shape index (κ1) is 22.4. The van der Waals surface area contributed by atoms with Gasteiger partial charge in [0.1, 0.15) is 12.4 Å². The van der Waals surface area contributed by atoms with Crippen LogP contribution in [0.5, 0.6) is 5.75 Å². The number of nitrogens with one attached hydrogen (secondary N) is 1. The van der Waals surface area contributed by atoms with E-state index in [4.69, 9.17) is 20.1 Å². The number of carbonyl (C=O) groups is 1. The van der Waals surface area contributed by atoms with Crippen molar-refractivity contribution in [1.29, 1.82) is 0 Å². The van der Waals surface area contributed by atoms with E-state index in [1.165, 1.54) is 6.42 Å². The van der Waals surface area contributed by atoms with Crippen molar-refractivity contribution in [1.82, 2.24) is 10.3 Å². The normalized spacial score (nSPS) is 14.4. The second kappa shape index (κ2) is 10.0. The Hall–Kier alpha value is -2.92. The van der Waals surface area contributed by atoms with Gasteiger partial charge < -0.3 is 15.8 Å². The molecule has 0 saturated heterocycles. The zero-order valence-corrected chi connectivity index (χ0v) is 17.3. The van der Waals surface area contributed by atoms with Crippen LogP contribution >= 0.6 is 0 Å². The standard InChI is InChI=1S/C21H29N3O2.CO2/c1-14-12-16(22)19-17(23-14)10-7-11-18(19)26-13-21(2,3)24-20(25)15-8-5-4-6-9-15;2-1-3/h7,10-12,15H,4-6,8-9,13H2,1-3H3,(H2,22,23)(H,24,25);. The Morgan fingerprint density at radius 3 is 2.59 bits per heavy atom. The second-order valence-corrected chi connectivity index (χ2v) is 8.08. The lowest BCUT2D eigenvalue weighted by Gasteiger charge is -2.30. The van der Waals surface area contributed by atoms with Crippen molar-refractivity contribution in [3.8, 4) is 5.75 Å². The van der Waals surface area contributed by atoms with Gasteiger partial charge in [0.2, 0.25) is 5.91 Å². The molecule has 0 unspecified atom stereocenters. The van der Waals surface area contributed by atoms with Crippen molar-refractivity contribution >= 4 is 28.6 Å². The molecule has 7 heteroatoms. The fourth-order valence-corrected chi connectivity index (χ4v) is 3.64. The number of anilines is 1. The first-order valence-electron chi connectivity index (χ1n) is 9.87. The summed E-state index contributed by atoms with van der Waals surface area (Å²) in [4.78, 5) is 33.3. The van der Waals surface area contributed by atoms with Gasteiger partial charge in [-0.15, -0.1) is 0 Å². The SMILES string of the molecule is Cc1cc(N)c2c(OCC(C)(C)NC(=O)C3CCCCC3)cccc2n1.O=C=O. The van der Waals surface area contributed by atoms with Crippen molar-refractivity contribution in [2.24, 2.45) is 5.92 Å². The summed E-state index contributed by atoms with van der Waals surface area (Å²) >= 11 is 0. The Morgan fingerprint density at radius 1 is 1.28 bits per heavy atom. The molecule has 1 fully saturated rings. The minimum atomic E-state index is -0.455. The number of nitrogens with two attached hydrogens (primary N) is 1. The molecule has 1 aromatic heterocycles. The van der Waals surface area contributed by atoms with E-state index in [2.05, 4.69) is 10.3 Å². The van der Waals surface area contributed by atoms with Crippen LogP contribution in [0.3, 0.4) is 0 Å². The van der Waals surface area contributed by atoms with E-state index in [1.54, 1.807) is 0 Å². The number of rotatable bonds is 5. The smallest absolute Gasteiger partial charge is 0.373 e. The van der Waals surface area contributed by atoms with Gasteiger partial charge in [0.05, 0.1) is 16.4 Å². The van der Waals surface area contributed by atoms with Gasteiger partial charge >= 0.3 is 6.15 Å². The summed E-state index contributed by atoms with van der Waals surface area (Å²) < 4.78 is 6.06. The molecule has 7 nitrogen and oxygen atoms in total. The number of hydrogen-bond donors (Lipinski definition) is 2. The molecule has 1 heterocycles. The maximum Gasteiger partial charge on any atom is 0.373 e. The van der Waals surface area contributed by atoms with Crippen molar-refractivity contribution in [3.05, 3.63) is 30.0 Å². The Kier molecular flexibility index (Phi) is 7.74. The van der Waals surface area contributed by atoms with Crippen molar-refractivity contribution in [2.75, 3.05) is 12.3 Å². The number of pyridine rings is 1. The van der Waals surface area contributed by atoms with Crippen molar-refractivity contribution in [2.45, 2.75) is 58.4 Å². The third-order valence-corrected chi connectivity index (χ3v) is 4.98. The van der Waals surface area contributed by atoms with E-state index < -0.39 is 5.54 Å². The Labute approximate surface area is 171 Å². The molecule has 1 aliphatic carbocycles. The first-order chi connectivity index (χ1) is 13.8. The maximum absolute atomic E-state index is 12.5. The molecule has 29 heavy (non-hydrogen) atoms. The summed E-state index contributed by atoms with van der Waals surface area (Å²) in [5.41, 5.74) is 8.10. The molecule has 0 radical (unpaired) electrons. The topological polar surface area (TPSA) is 111 Å². The van der Waals surface area contributed by atoms with E-state index in [1.807, 2.05) is 45.0 Å². The molecule has 0 bridgehead atoms. The van der Waals surface area contributed by atoms with Crippen LogP contribution in [-0.4, -0.2) is 29.2 Å². The number of benzene rings is 1. The summed E-state index contributed by atoms with van der Waals surface area (Å²) in [7, 11) is 0. The Morgan fingerprint density at radius 2 is 1.93 bits per heavy atom. The number of nitrogens with zero attached hydrogens (tertiary/aromatic N) is 1. The van der Waals surface area contributed by atoms with Crippen LogP contribution in [-0.2, 0) is 14.4 Å². The van der Waals surface area contributed by atoms with Crippen LogP contribution in [0.4, 0.5) is 5.69 Å². The molecule has 1 saturated carbocycles. The van der Waals surface area contributed by atoms with Crippen LogP contribution in [0.1, 0.15) is 51.6 Å². The predicted molar refractivity (Wildman–Crippen MR) is 110 cm³/mol. The fourth-order valence-electron chi connectivity index (χ4n) is 3.64. The minimum Gasteiger partial charge on any atom is -0.490 e. The fraction of sp³-hybridized carbons (Fsp3) is 0.500. The molecule has 3 N–H and O–H groups in total. The highest BCUT2D eigenvalue weighted by molar-refractivity contribution is 5.95. The van der Waals surface area contributed by atoms with E-state index in [0.29, 0.717) is 18.0 Å². The number of aryl methyl sites for hydroxylation is 1. The molecule has 0 aliphatic heterocycles. The quantitative estimate of drug-likeness (QED) is 0.797. The summed E-state index contributed by atoms with van der Waals surface area (Å²) in [6, 6.07) is 7.60. The van der Waals surface area contributed by atoms with Gasteiger partial charge in [-0.25, -0.2) is 0 Å². The van der Waals surface area contributed by atoms with Crippen LogP contribution < -0.4 is 15.8 Å². The van der Waals surface area contributed by atoms with Crippen LogP contribution in [0.15, 0.2) is 24.3 Å². The molecule has 1 amide bonds. The number of fused-ring (bicyclic) bond motifs is 1. The van der Waals surface area contributed by atoms with Gasteiger partial charge in [0, 0.05) is 17.3 Å². The highest BCUT2D eigenvalue weighted by Crippen LogP contribution is 2.31. The number of ether oxygens (including phenoxy) is 1. The monoisotopic (exact) mass is 399 g/mol. The van der Waals surface area contributed by atoms with Gasteiger partial charge in [-0.1, -0.05) is 25.3 Å². The Balaban J connectivity index is 0.000000941. The molecule has 2 aromatic rings. The number of carbonyl (C=O) groups excluding carboxylic acids is 3. The third kappa shape index (κ3) is 6.29. The summed E-state index contributed by atoms with van der Waals surface area (Å²) in [5, 5.41) is 3.98. The predicted octanol–water partition coefficient (Wildman–Crippen LogP) is 3.40. The highest BCUT2D eigenvalue weighted by Gasteiger charge is 2.27. The molecule has 0 spiro atoms. The average Bonchev–Trinajstić information content (AvgIpc) is 2.67. The van der Waals surface area contributed by atoms with Gasteiger partial charge in [0.25, 0.3) is 0 Å². The largest absolute Gasteiger partial charge is 0.490 e. The zero-order valence-electron chi connectivity index (χ0n) is 17.3. The average molecular weight is 399 g/mol. The third-order valence-electron chi connectivity index (χ3n) is 4.98. The van der Waals surface area contributed by atoms with Crippen LogP contribution in [0, 0.1) is 12.8 Å². The zero-order chi connectivity index (χ0) is 21.4. The first-order valence-corrected chi connectivity index (χ1v) is 9.87. The molecule has 1 aliphatic rings. The van der Waals surface area contributed by atoms with Gasteiger partial charge in [-0.3, -0.25) is 9.78 Å². The molecule has 156 valence electrons.